The number of phenols is 1. The summed E-state index contributed by atoms with van der Waals surface area (Å²) in [6.07, 6.45) is 2.61. The van der Waals surface area contributed by atoms with Crippen molar-refractivity contribution in [2.45, 2.75) is 26.8 Å². The Morgan fingerprint density at radius 1 is 1.38 bits per heavy atom. The molecule has 1 fully saturated rings. The highest BCUT2D eigenvalue weighted by Gasteiger charge is 2.51. The van der Waals surface area contributed by atoms with Crippen LogP contribution in [0.5, 0.6) is 5.75 Å². The highest BCUT2D eigenvalue weighted by molar-refractivity contribution is 6.30. The predicted molar refractivity (Wildman–Crippen MR) is 81.9 cm³/mol. The maximum atomic E-state index is 12.7. The zero-order valence-corrected chi connectivity index (χ0v) is 12.8. The predicted octanol–water partition coefficient (Wildman–Crippen LogP) is 3.26. The molecule has 1 aromatic rings. The van der Waals surface area contributed by atoms with Crippen LogP contribution in [-0.4, -0.2) is 21.7 Å². The first-order valence-electron chi connectivity index (χ1n) is 6.93. The molecule has 1 N–H and O–H groups in total. The number of benzene rings is 1. The van der Waals surface area contributed by atoms with Crippen molar-refractivity contribution in [3.05, 3.63) is 41.1 Å². The van der Waals surface area contributed by atoms with Gasteiger partial charge in [-0.05, 0) is 30.2 Å². The van der Waals surface area contributed by atoms with Gasteiger partial charge in [0.2, 0.25) is 5.91 Å². The number of aliphatic imine (C=N–C) groups is 1. The van der Waals surface area contributed by atoms with Gasteiger partial charge >= 0.3 is 0 Å². The number of hydrogen-bond donors (Lipinski definition) is 1. The third kappa shape index (κ3) is 2.33. The lowest BCUT2D eigenvalue weighted by atomic mass is 9.78. The van der Waals surface area contributed by atoms with Gasteiger partial charge in [0.15, 0.2) is 0 Å². The van der Waals surface area contributed by atoms with Crippen molar-refractivity contribution < 1.29 is 9.90 Å². The molecule has 3 rings (SSSR count). The van der Waals surface area contributed by atoms with Gasteiger partial charge in [-0.1, -0.05) is 37.6 Å². The Morgan fingerprint density at radius 2 is 2.05 bits per heavy atom. The van der Waals surface area contributed by atoms with Crippen LogP contribution in [-0.2, 0) is 11.3 Å². The molecule has 0 bridgehead atoms. The highest BCUT2D eigenvalue weighted by Crippen LogP contribution is 2.43. The van der Waals surface area contributed by atoms with E-state index in [9.17, 15) is 9.90 Å². The molecule has 2 aliphatic rings. The Hall–Kier alpha value is -1.81. The first kappa shape index (κ1) is 14.1. The van der Waals surface area contributed by atoms with Gasteiger partial charge in [0.25, 0.3) is 0 Å². The second-order valence-corrected chi connectivity index (χ2v) is 6.45. The molecule has 21 heavy (non-hydrogen) atoms. The summed E-state index contributed by atoms with van der Waals surface area (Å²) in [4.78, 5) is 18.8. The number of hydrogen-bond acceptors (Lipinski definition) is 3. The molecule has 0 spiro atoms. The summed E-state index contributed by atoms with van der Waals surface area (Å²) in [6, 6.07) is 6.86. The fourth-order valence-corrected chi connectivity index (χ4v) is 3.13. The van der Waals surface area contributed by atoms with Gasteiger partial charge in [-0.3, -0.25) is 9.69 Å². The van der Waals surface area contributed by atoms with E-state index in [1.165, 1.54) is 0 Å². The van der Waals surface area contributed by atoms with Gasteiger partial charge in [0.1, 0.15) is 16.7 Å². The third-order valence-corrected chi connectivity index (χ3v) is 4.51. The van der Waals surface area contributed by atoms with Crippen LogP contribution >= 0.6 is 11.6 Å². The molecule has 2 aliphatic heterocycles. The molecule has 1 aromatic carbocycles. The molecule has 0 aliphatic carbocycles. The monoisotopic (exact) mass is 304 g/mol. The third-order valence-electron chi connectivity index (χ3n) is 4.28. The van der Waals surface area contributed by atoms with E-state index in [-0.39, 0.29) is 17.6 Å². The van der Waals surface area contributed by atoms with Crippen LogP contribution in [0.25, 0.3) is 0 Å². The molecule has 0 saturated carbocycles. The smallest absolute Gasteiger partial charge is 0.234 e. The Kier molecular flexibility index (Phi) is 3.29. The van der Waals surface area contributed by atoms with E-state index in [1.807, 2.05) is 32.1 Å². The number of amidine groups is 1. The first-order chi connectivity index (χ1) is 9.89. The summed E-state index contributed by atoms with van der Waals surface area (Å²) in [5.41, 5.74) is 0.482. The lowest BCUT2D eigenvalue weighted by Crippen LogP contribution is -2.32. The number of allylic oxidation sites excluding steroid dienone is 1. The normalized spacial score (nSPS) is 23.7. The zero-order chi connectivity index (χ0) is 15.2. The fourth-order valence-electron chi connectivity index (χ4n) is 2.96. The lowest BCUT2D eigenvalue weighted by molar-refractivity contribution is -0.134. The SMILES string of the molecule is CC1(C)C(=O)N(Cc2ccc(O)cc2)C2=NC(Cl)=CCC21. The number of fused-ring (bicyclic) bond motifs is 1. The van der Waals surface area contributed by atoms with Crippen LogP contribution in [0.1, 0.15) is 25.8 Å². The summed E-state index contributed by atoms with van der Waals surface area (Å²) in [5, 5.41) is 9.79. The number of nitrogens with zero attached hydrogens (tertiary/aromatic N) is 2. The largest absolute Gasteiger partial charge is 0.508 e. The number of likely N-dealkylation sites (tertiary alicyclic amines) is 1. The number of carbonyl (C=O) groups is 1. The van der Waals surface area contributed by atoms with Crippen LogP contribution in [0, 0.1) is 11.3 Å². The average molecular weight is 305 g/mol. The van der Waals surface area contributed by atoms with E-state index >= 15 is 0 Å². The Morgan fingerprint density at radius 3 is 2.71 bits per heavy atom. The molecular formula is C16H17ClN2O2. The number of carbonyl (C=O) groups excluding carboxylic acids is 1. The van der Waals surface area contributed by atoms with Crippen molar-refractivity contribution in [2.75, 3.05) is 0 Å². The van der Waals surface area contributed by atoms with Gasteiger partial charge < -0.3 is 5.11 Å². The highest BCUT2D eigenvalue weighted by atomic mass is 35.5. The lowest BCUT2D eigenvalue weighted by Gasteiger charge is -2.23. The fraction of sp³-hybridized carbons (Fsp3) is 0.375. The van der Waals surface area contributed by atoms with Gasteiger partial charge in [0.05, 0.1) is 12.0 Å². The molecule has 4 nitrogen and oxygen atoms in total. The summed E-state index contributed by atoms with van der Waals surface area (Å²) < 4.78 is 0. The van der Waals surface area contributed by atoms with Crippen molar-refractivity contribution in [3.63, 3.8) is 0 Å². The molecule has 0 radical (unpaired) electrons. The van der Waals surface area contributed by atoms with Crippen molar-refractivity contribution in [1.82, 2.24) is 4.90 Å². The molecule has 1 atom stereocenters. The minimum atomic E-state index is -0.468. The van der Waals surface area contributed by atoms with Gasteiger partial charge in [-0.15, -0.1) is 0 Å². The van der Waals surface area contributed by atoms with Crippen LogP contribution in [0.3, 0.4) is 0 Å². The van der Waals surface area contributed by atoms with Crippen LogP contribution < -0.4 is 0 Å². The minimum absolute atomic E-state index is 0.0686. The van der Waals surface area contributed by atoms with Crippen LogP contribution in [0.15, 0.2) is 40.5 Å². The topological polar surface area (TPSA) is 52.9 Å². The van der Waals surface area contributed by atoms with E-state index < -0.39 is 5.41 Å². The average Bonchev–Trinajstić information content (AvgIpc) is 2.62. The van der Waals surface area contributed by atoms with Crippen molar-refractivity contribution in [3.8, 4) is 5.75 Å². The molecule has 1 amide bonds. The zero-order valence-electron chi connectivity index (χ0n) is 12.0. The number of halogens is 1. The van der Waals surface area contributed by atoms with E-state index in [1.54, 1.807) is 17.0 Å². The minimum Gasteiger partial charge on any atom is -0.508 e. The van der Waals surface area contributed by atoms with Crippen molar-refractivity contribution in [2.24, 2.45) is 16.3 Å². The van der Waals surface area contributed by atoms with E-state index in [4.69, 9.17) is 11.6 Å². The molecular weight excluding hydrogens is 288 g/mol. The molecule has 0 aromatic heterocycles. The number of aromatic hydroxyl groups is 1. The Bertz CT molecular complexity index is 647. The molecule has 1 saturated heterocycles. The molecule has 1 unspecified atom stereocenters. The van der Waals surface area contributed by atoms with Gasteiger partial charge in [-0.2, -0.15) is 0 Å². The van der Waals surface area contributed by atoms with Gasteiger partial charge in [-0.25, -0.2) is 4.99 Å². The maximum Gasteiger partial charge on any atom is 0.234 e. The number of phenolic OH excluding ortho intramolecular Hbond substituents is 1. The standard InChI is InChI=1S/C16H17ClN2O2/c1-16(2)12-7-8-13(17)18-14(12)19(15(16)21)9-10-3-5-11(20)6-4-10/h3-6,8,12,20H,7,9H2,1-2H3. The van der Waals surface area contributed by atoms with Crippen LogP contribution in [0.2, 0.25) is 0 Å². The van der Waals surface area contributed by atoms with Crippen molar-refractivity contribution in [1.29, 1.82) is 0 Å². The number of rotatable bonds is 2. The van der Waals surface area contributed by atoms with E-state index in [0.29, 0.717) is 11.7 Å². The second kappa shape index (κ2) is 4.88. The van der Waals surface area contributed by atoms with Crippen molar-refractivity contribution >= 4 is 23.3 Å². The maximum absolute atomic E-state index is 12.7. The molecule has 110 valence electrons. The molecule has 2 heterocycles. The van der Waals surface area contributed by atoms with Gasteiger partial charge in [0, 0.05) is 5.92 Å². The second-order valence-electron chi connectivity index (χ2n) is 6.06. The summed E-state index contributed by atoms with van der Waals surface area (Å²) >= 11 is 6.02. The van der Waals surface area contributed by atoms with Crippen LogP contribution in [0.4, 0.5) is 0 Å². The van der Waals surface area contributed by atoms with E-state index in [2.05, 4.69) is 4.99 Å². The summed E-state index contributed by atoms with van der Waals surface area (Å²) in [5.74, 6) is 1.11. The molecule has 5 heteroatoms. The van der Waals surface area contributed by atoms with E-state index in [0.717, 1.165) is 17.8 Å². The number of amides is 1. The quantitative estimate of drug-likeness (QED) is 0.853. The Balaban J connectivity index is 1.94. The first-order valence-corrected chi connectivity index (χ1v) is 7.31. The summed E-state index contributed by atoms with van der Waals surface area (Å²) in [7, 11) is 0. The Labute approximate surface area is 128 Å². The summed E-state index contributed by atoms with van der Waals surface area (Å²) in [6.45, 7) is 4.36.